The number of halogens is 2. The number of nitrogens with one attached hydrogen (secondary N) is 1. The van der Waals surface area contributed by atoms with Crippen LogP contribution in [-0.4, -0.2) is 32.9 Å². The van der Waals surface area contributed by atoms with E-state index in [-0.39, 0.29) is 11.1 Å². The molecule has 0 fully saturated rings. The Hall–Kier alpha value is -0.840. The number of hydrogen-bond donors (Lipinski definition) is 1. The van der Waals surface area contributed by atoms with Crippen LogP contribution in [0.4, 0.5) is 4.39 Å². The van der Waals surface area contributed by atoms with Gasteiger partial charge >= 0.3 is 0 Å². The minimum absolute atomic E-state index is 0.0341. The van der Waals surface area contributed by atoms with Gasteiger partial charge in [0.25, 0.3) is 0 Å². The maximum absolute atomic E-state index is 13.2. The van der Waals surface area contributed by atoms with Crippen molar-refractivity contribution >= 4 is 11.6 Å². The highest BCUT2D eigenvalue weighted by molar-refractivity contribution is 6.30. The van der Waals surface area contributed by atoms with Crippen LogP contribution in [0.2, 0.25) is 5.02 Å². The average molecular weight is 276 g/mol. The normalized spacial score (nSPS) is 12.4. The van der Waals surface area contributed by atoms with Gasteiger partial charge in [-0.25, -0.2) is 4.39 Å². The topological polar surface area (TPSA) is 30.5 Å². The fraction of sp³-hybridized carbons (Fsp3) is 0.538. The van der Waals surface area contributed by atoms with E-state index in [2.05, 4.69) is 5.32 Å². The van der Waals surface area contributed by atoms with Crippen molar-refractivity contribution in [2.75, 3.05) is 26.8 Å². The lowest BCUT2D eigenvalue weighted by Crippen LogP contribution is -2.30. The summed E-state index contributed by atoms with van der Waals surface area (Å²) in [6.07, 6.45) is 0.923. The predicted molar refractivity (Wildman–Crippen MR) is 70.9 cm³/mol. The molecule has 5 heteroatoms. The van der Waals surface area contributed by atoms with Crippen molar-refractivity contribution in [3.8, 4) is 5.75 Å². The molecule has 0 aliphatic carbocycles. The molecule has 1 aromatic carbocycles. The molecule has 102 valence electrons. The second-order valence-electron chi connectivity index (χ2n) is 4.05. The van der Waals surface area contributed by atoms with Gasteiger partial charge in [0, 0.05) is 26.3 Å². The highest BCUT2D eigenvalue weighted by atomic mass is 35.5. The van der Waals surface area contributed by atoms with E-state index >= 15 is 0 Å². The molecule has 1 aromatic rings. The fourth-order valence-electron chi connectivity index (χ4n) is 1.47. The smallest absolute Gasteiger partial charge is 0.145 e. The van der Waals surface area contributed by atoms with Crippen LogP contribution in [0.25, 0.3) is 0 Å². The van der Waals surface area contributed by atoms with Gasteiger partial charge in [-0.3, -0.25) is 0 Å². The molecule has 0 saturated carbocycles. The zero-order chi connectivity index (χ0) is 13.4. The van der Waals surface area contributed by atoms with Crippen molar-refractivity contribution < 1.29 is 13.9 Å². The molecular weight excluding hydrogens is 257 g/mol. The van der Waals surface area contributed by atoms with Gasteiger partial charge in [-0.1, -0.05) is 11.6 Å². The molecule has 0 heterocycles. The number of methoxy groups -OCH3 is 1. The molecule has 0 spiro atoms. The van der Waals surface area contributed by atoms with E-state index in [1.165, 1.54) is 12.1 Å². The molecule has 0 bridgehead atoms. The van der Waals surface area contributed by atoms with Crippen LogP contribution in [-0.2, 0) is 4.74 Å². The van der Waals surface area contributed by atoms with Gasteiger partial charge < -0.3 is 14.8 Å². The van der Waals surface area contributed by atoms with Gasteiger partial charge in [0.1, 0.15) is 17.7 Å². The first-order valence-electron chi connectivity index (χ1n) is 5.95. The van der Waals surface area contributed by atoms with E-state index in [0.29, 0.717) is 12.3 Å². The molecule has 0 saturated heterocycles. The van der Waals surface area contributed by atoms with Crippen molar-refractivity contribution in [1.82, 2.24) is 5.32 Å². The Bertz CT molecular complexity index is 363. The van der Waals surface area contributed by atoms with Crippen LogP contribution in [0.15, 0.2) is 18.2 Å². The first kappa shape index (κ1) is 15.2. The van der Waals surface area contributed by atoms with E-state index in [0.717, 1.165) is 19.6 Å². The van der Waals surface area contributed by atoms with Crippen molar-refractivity contribution in [2.45, 2.75) is 19.4 Å². The van der Waals surface area contributed by atoms with Crippen LogP contribution < -0.4 is 10.1 Å². The maximum Gasteiger partial charge on any atom is 0.145 e. The molecule has 18 heavy (non-hydrogen) atoms. The second kappa shape index (κ2) is 8.29. The highest BCUT2D eigenvalue weighted by Gasteiger charge is 2.06. The molecule has 1 rings (SSSR count). The quantitative estimate of drug-likeness (QED) is 0.740. The summed E-state index contributed by atoms with van der Waals surface area (Å²) in [6.45, 7) is 4.24. The third kappa shape index (κ3) is 5.67. The van der Waals surface area contributed by atoms with Gasteiger partial charge in [-0.15, -0.1) is 0 Å². The average Bonchev–Trinajstić information content (AvgIpc) is 2.34. The SMILES string of the molecule is COCCCNCC(C)Oc1ccc(Cl)c(F)c1. The molecule has 1 N–H and O–H groups in total. The minimum atomic E-state index is -0.463. The Kier molecular flexibility index (Phi) is 7.01. The van der Waals surface area contributed by atoms with E-state index in [1.54, 1.807) is 13.2 Å². The summed E-state index contributed by atoms with van der Waals surface area (Å²) in [7, 11) is 1.68. The summed E-state index contributed by atoms with van der Waals surface area (Å²) < 4.78 is 23.7. The molecule has 0 radical (unpaired) electrons. The molecular formula is C13H19ClFNO2. The Morgan fingerprint density at radius 2 is 2.22 bits per heavy atom. The van der Waals surface area contributed by atoms with Crippen LogP contribution in [0, 0.1) is 5.82 Å². The van der Waals surface area contributed by atoms with E-state index in [1.807, 2.05) is 6.92 Å². The summed E-state index contributed by atoms with van der Waals surface area (Å²) in [5.41, 5.74) is 0. The van der Waals surface area contributed by atoms with Gasteiger partial charge in [0.15, 0.2) is 0 Å². The van der Waals surface area contributed by atoms with Gasteiger partial charge in [-0.2, -0.15) is 0 Å². The molecule has 0 aromatic heterocycles. The lowest BCUT2D eigenvalue weighted by atomic mass is 10.3. The van der Waals surface area contributed by atoms with Crippen molar-refractivity contribution in [3.63, 3.8) is 0 Å². The summed E-state index contributed by atoms with van der Waals surface area (Å²) in [4.78, 5) is 0. The Labute approximate surface area is 112 Å². The molecule has 0 aliphatic rings. The zero-order valence-corrected chi connectivity index (χ0v) is 11.5. The number of benzene rings is 1. The Morgan fingerprint density at radius 3 is 2.89 bits per heavy atom. The van der Waals surface area contributed by atoms with Crippen LogP contribution in [0.1, 0.15) is 13.3 Å². The fourth-order valence-corrected chi connectivity index (χ4v) is 1.59. The van der Waals surface area contributed by atoms with Gasteiger partial charge in [0.2, 0.25) is 0 Å². The third-order valence-electron chi connectivity index (χ3n) is 2.36. The van der Waals surface area contributed by atoms with Crippen molar-refractivity contribution in [1.29, 1.82) is 0 Å². The van der Waals surface area contributed by atoms with E-state index in [4.69, 9.17) is 21.1 Å². The second-order valence-corrected chi connectivity index (χ2v) is 4.46. The molecule has 3 nitrogen and oxygen atoms in total. The summed E-state index contributed by atoms with van der Waals surface area (Å²) >= 11 is 5.59. The largest absolute Gasteiger partial charge is 0.489 e. The van der Waals surface area contributed by atoms with E-state index in [9.17, 15) is 4.39 Å². The zero-order valence-electron chi connectivity index (χ0n) is 10.7. The summed E-state index contributed by atoms with van der Waals surface area (Å²) in [6, 6.07) is 4.45. The standard InChI is InChI=1S/C13H19ClFNO2/c1-10(9-16-6-3-7-17-2)18-11-4-5-12(14)13(15)8-11/h4-5,8,10,16H,3,6-7,9H2,1-2H3. The maximum atomic E-state index is 13.2. The molecule has 1 atom stereocenters. The monoisotopic (exact) mass is 275 g/mol. The summed E-state index contributed by atoms with van der Waals surface area (Å²) in [5, 5.41) is 3.35. The minimum Gasteiger partial charge on any atom is -0.489 e. The number of rotatable bonds is 8. The van der Waals surface area contributed by atoms with Crippen LogP contribution in [0.5, 0.6) is 5.75 Å². The van der Waals surface area contributed by atoms with Crippen LogP contribution in [0.3, 0.4) is 0 Å². The van der Waals surface area contributed by atoms with Gasteiger partial charge in [-0.05, 0) is 32.0 Å². The third-order valence-corrected chi connectivity index (χ3v) is 2.67. The first-order valence-corrected chi connectivity index (χ1v) is 6.32. The van der Waals surface area contributed by atoms with Gasteiger partial charge in [0.05, 0.1) is 5.02 Å². The molecule has 0 aliphatic heterocycles. The predicted octanol–water partition coefficient (Wildman–Crippen LogP) is 2.87. The Morgan fingerprint density at radius 1 is 1.44 bits per heavy atom. The number of ether oxygens (including phenoxy) is 2. The van der Waals surface area contributed by atoms with E-state index < -0.39 is 5.82 Å². The Balaban J connectivity index is 2.26. The summed E-state index contributed by atoms with van der Waals surface area (Å²) in [5.74, 6) is 0.0255. The van der Waals surface area contributed by atoms with Crippen molar-refractivity contribution in [2.24, 2.45) is 0 Å². The molecule has 0 amide bonds. The molecule has 1 unspecified atom stereocenters. The first-order chi connectivity index (χ1) is 8.63. The van der Waals surface area contributed by atoms with Crippen LogP contribution >= 0.6 is 11.6 Å². The highest BCUT2D eigenvalue weighted by Crippen LogP contribution is 2.21. The number of hydrogen-bond acceptors (Lipinski definition) is 3. The van der Waals surface area contributed by atoms with Crippen molar-refractivity contribution in [3.05, 3.63) is 29.0 Å². The lowest BCUT2D eigenvalue weighted by Gasteiger charge is -2.15. The lowest BCUT2D eigenvalue weighted by molar-refractivity contribution is 0.188.